The highest BCUT2D eigenvalue weighted by Crippen LogP contribution is 2.33. The Bertz CT molecular complexity index is 1260. The monoisotopic (exact) mass is 471 g/mol. The van der Waals surface area contributed by atoms with Crippen molar-refractivity contribution in [2.75, 3.05) is 11.1 Å². The predicted octanol–water partition coefficient (Wildman–Crippen LogP) is 6.79. The van der Waals surface area contributed by atoms with E-state index in [0.717, 1.165) is 16.9 Å². The molecular weight excluding hydrogens is 441 g/mol. The lowest BCUT2D eigenvalue weighted by molar-refractivity contribution is 0.00659. The van der Waals surface area contributed by atoms with Gasteiger partial charge in [-0.3, -0.25) is 4.79 Å². The fraction of sp³-hybridized carbons (Fsp3) is 0.385. The van der Waals surface area contributed by atoms with Crippen molar-refractivity contribution in [3.8, 4) is 0 Å². The lowest BCUT2D eigenvalue weighted by atomic mass is 10.00. The molecule has 0 aliphatic heterocycles. The highest BCUT2D eigenvalue weighted by atomic mass is 32.2. The molecule has 1 aromatic heterocycles. The van der Waals surface area contributed by atoms with Crippen LogP contribution >= 0.6 is 11.8 Å². The van der Waals surface area contributed by atoms with Crippen molar-refractivity contribution in [2.45, 2.75) is 65.2 Å². The van der Waals surface area contributed by atoms with E-state index in [1.54, 1.807) is 33.8 Å². The Morgan fingerprint density at radius 2 is 1.94 bits per heavy atom. The van der Waals surface area contributed by atoms with Gasteiger partial charge in [0.25, 0.3) is 0 Å². The van der Waals surface area contributed by atoms with Gasteiger partial charge in [0, 0.05) is 11.1 Å². The van der Waals surface area contributed by atoms with E-state index in [2.05, 4.69) is 5.32 Å². The molecule has 0 aliphatic carbocycles. The molecule has 0 radical (unpaired) electrons. The van der Waals surface area contributed by atoms with Crippen LogP contribution in [0.5, 0.6) is 0 Å². The van der Waals surface area contributed by atoms with E-state index in [0.29, 0.717) is 27.3 Å². The first kappa shape index (κ1) is 24.8. The van der Waals surface area contributed by atoms with Gasteiger partial charge < -0.3 is 14.5 Å². The van der Waals surface area contributed by atoms with Crippen LogP contribution in [0, 0.1) is 19.7 Å². The number of hydrogen-bond donors (Lipinski definition) is 1. The van der Waals surface area contributed by atoms with E-state index in [1.165, 1.54) is 23.9 Å². The summed E-state index contributed by atoms with van der Waals surface area (Å²) in [4.78, 5) is 25.7. The highest BCUT2D eigenvalue weighted by Gasteiger charge is 2.25. The zero-order valence-corrected chi connectivity index (χ0v) is 20.9. The van der Waals surface area contributed by atoms with Crippen LogP contribution < -0.4 is 10.7 Å². The van der Waals surface area contributed by atoms with E-state index in [4.69, 9.17) is 9.15 Å². The van der Waals surface area contributed by atoms with Crippen molar-refractivity contribution in [3.05, 3.63) is 68.6 Å². The van der Waals surface area contributed by atoms with Gasteiger partial charge in [0.15, 0.2) is 10.5 Å². The maximum Gasteiger partial charge on any atom is 0.343 e. The van der Waals surface area contributed by atoms with Crippen LogP contribution in [0.1, 0.15) is 67.7 Å². The third kappa shape index (κ3) is 5.41. The zero-order valence-electron chi connectivity index (χ0n) is 20.1. The first-order chi connectivity index (χ1) is 15.4. The molecule has 0 aliphatic rings. The summed E-state index contributed by atoms with van der Waals surface area (Å²) in [5, 5.41) is 4.32. The summed E-state index contributed by atoms with van der Waals surface area (Å²) in [7, 11) is 0. The summed E-state index contributed by atoms with van der Waals surface area (Å²) >= 11 is 1.48. The molecule has 0 fully saturated rings. The van der Waals surface area contributed by atoms with E-state index in [1.807, 2.05) is 32.9 Å². The van der Waals surface area contributed by atoms with E-state index >= 15 is 0 Å². The molecule has 0 saturated carbocycles. The van der Waals surface area contributed by atoms with Crippen molar-refractivity contribution >= 4 is 34.4 Å². The van der Waals surface area contributed by atoms with Crippen LogP contribution in [0.4, 0.5) is 10.1 Å². The van der Waals surface area contributed by atoms with Crippen molar-refractivity contribution < 1.29 is 18.3 Å². The fourth-order valence-electron chi connectivity index (χ4n) is 3.63. The molecule has 176 valence electrons. The number of carbonyl (C=O) groups is 1. The number of nitrogens with one attached hydrogen (secondary N) is 1. The fourth-order valence-corrected chi connectivity index (χ4v) is 4.34. The first-order valence-corrected chi connectivity index (χ1v) is 11.9. The average Bonchev–Trinajstić information content (AvgIpc) is 2.70. The molecule has 5 nitrogen and oxygen atoms in total. The zero-order chi connectivity index (χ0) is 24.5. The molecule has 0 saturated heterocycles. The Balaban J connectivity index is 2.10. The molecule has 1 heterocycles. The van der Waals surface area contributed by atoms with Gasteiger partial charge in [-0.15, -0.1) is 0 Å². The lowest BCUT2D eigenvalue weighted by Gasteiger charge is -2.23. The summed E-state index contributed by atoms with van der Waals surface area (Å²) < 4.78 is 26.3. The lowest BCUT2D eigenvalue weighted by Crippen LogP contribution is -2.25. The molecule has 33 heavy (non-hydrogen) atoms. The van der Waals surface area contributed by atoms with Crippen LogP contribution in [-0.4, -0.2) is 17.3 Å². The van der Waals surface area contributed by atoms with E-state index < -0.39 is 17.4 Å². The second-order valence-electron chi connectivity index (χ2n) is 9.04. The summed E-state index contributed by atoms with van der Waals surface area (Å²) in [5.74, 6) is -0.639. The number of fused-ring (bicyclic) bond motifs is 1. The van der Waals surface area contributed by atoms with Crippen molar-refractivity contribution in [3.63, 3.8) is 0 Å². The molecule has 3 aromatic rings. The summed E-state index contributed by atoms with van der Waals surface area (Å²) in [6.45, 7) is 12.8. The Kier molecular flexibility index (Phi) is 7.22. The molecule has 1 atom stereocenters. The Hall–Kier alpha value is -2.80. The number of ether oxygens (including phenoxy) is 1. The van der Waals surface area contributed by atoms with Crippen LogP contribution in [0.25, 0.3) is 11.0 Å². The second kappa shape index (κ2) is 9.59. The Morgan fingerprint density at radius 1 is 1.24 bits per heavy atom. The largest absolute Gasteiger partial charge is 0.456 e. The minimum atomic E-state index is -0.760. The number of halogens is 1. The molecule has 7 heteroatoms. The number of hydrogen-bond acceptors (Lipinski definition) is 6. The molecule has 0 amide bonds. The van der Waals surface area contributed by atoms with Crippen molar-refractivity contribution in [1.29, 1.82) is 0 Å². The maximum absolute atomic E-state index is 14.7. The van der Waals surface area contributed by atoms with Gasteiger partial charge in [0.05, 0.1) is 17.1 Å². The van der Waals surface area contributed by atoms with Crippen molar-refractivity contribution in [1.82, 2.24) is 0 Å². The molecule has 1 N–H and O–H groups in total. The third-order valence-electron chi connectivity index (χ3n) is 5.08. The third-order valence-corrected chi connectivity index (χ3v) is 6.02. The number of thioether (sulfide) groups is 1. The number of esters is 1. The van der Waals surface area contributed by atoms with Gasteiger partial charge in [-0.1, -0.05) is 30.8 Å². The molecule has 2 aromatic carbocycles. The van der Waals surface area contributed by atoms with Crippen molar-refractivity contribution in [2.24, 2.45) is 0 Å². The van der Waals surface area contributed by atoms with Gasteiger partial charge in [-0.25, -0.2) is 9.18 Å². The predicted molar refractivity (Wildman–Crippen MR) is 132 cm³/mol. The van der Waals surface area contributed by atoms with Crippen LogP contribution in [0.15, 0.2) is 44.6 Å². The molecule has 3 rings (SSSR count). The molecule has 0 spiro atoms. The quantitative estimate of drug-likeness (QED) is 0.315. The smallest absolute Gasteiger partial charge is 0.343 e. The van der Waals surface area contributed by atoms with Crippen LogP contribution in [0.3, 0.4) is 0 Å². The minimum Gasteiger partial charge on any atom is -0.456 e. The van der Waals surface area contributed by atoms with Gasteiger partial charge >= 0.3 is 5.97 Å². The van der Waals surface area contributed by atoms with Gasteiger partial charge in [0.1, 0.15) is 22.6 Å². The summed E-state index contributed by atoms with van der Waals surface area (Å²) in [6.07, 6.45) is 0. The normalized spacial score (nSPS) is 12.6. The van der Waals surface area contributed by atoms with E-state index in [-0.39, 0.29) is 17.0 Å². The van der Waals surface area contributed by atoms with Gasteiger partial charge in [-0.05, 0) is 71.1 Å². The first-order valence-electron chi connectivity index (χ1n) is 10.9. The highest BCUT2D eigenvalue weighted by molar-refractivity contribution is 7.99. The standard InChI is InChI=1S/C26H30FNO4S/c1-8-33-25-15(3)22(29)18-13-14(2)12-17(23(18)31-25)16(4)28-20-11-9-10-19(27)21(20)24(30)32-26(5,6)7/h9-13,16,28H,8H2,1-7H3/t16-/m1/s1. The number of rotatable bonds is 6. The molecule has 0 unspecified atom stereocenters. The number of anilines is 1. The number of aryl methyl sites for hydroxylation is 1. The number of benzene rings is 2. The van der Waals surface area contributed by atoms with Gasteiger partial charge in [-0.2, -0.15) is 0 Å². The topological polar surface area (TPSA) is 68.5 Å². The summed E-state index contributed by atoms with van der Waals surface area (Å²) in [6, 6.07) is 7.76. The Morgan fingerprint density at radius 3 is 2.58 bits per heavy atom. The van der Waals surface area contributed by atoms with Crippen LogP contribution in [0.2, 0.25) is 0 Å². The number of carbonyl (C=O) groups excluding carboxylic acids is 1. The Labute approximate surface area is 197 Å². The maximum atomic E-state index is 14.7. The SMILES string of the molecule is CCSc1oc2c([C@@H](C)Nc3cccc(F)c3C(=O)OC(C)(C)C)cc(C)cc2c(=O)c1C. The van der Waals surface area contributed by atoms with E-state index in [9.17, 15) is 14.0 Å². The average molecular weight is 472 g/mol. The second-order valence-corrected chi connectivity index (χ2v) is 10.3. The molecular formula is C26H30FNO4S. The summed E-state index contributed by atoms with van der Waals surface area (Å²) in [5.41, 5.74) is 2.05. The van der Waals surface area contributed by atoms with Crippen LogP contribution in [-0.2, 0) is 4.74 Å². The minimum absolute atomic E-state index is 0.0652. The van der Waals surface area contributed by atoms with Gasteiger partial charge in [0.2, 0.25) is 0 Å². The molecule has 0 bridgehead atoms.